The fourth-order valence-electron chi connectivity index (χ4n) is 2.58. The number of rotatable bonds is 0. The van der Waals surface area contributed by atoms with E-state index >= 15 is 0 Å². The molecule has 1 unspecified atom stereocenters. The molecule has 4 heteroatoms. The summed E-state index contributed by atoms with van der Waals surface area (Å²) in [6.07, 6.45) is 5.56. The van der Waals surface area contributed by atoms with Crippen molar-refractivity contribution in [3.05, 3.63) is 0 Å². The Balaban J connectivity index is 0.000000720. The summed E-state index contributed by atoms with van der Waals surface area (Å²) in [5.74, 6) is 0. The number of halogens is 2. The Morgan fingerprint density at radius 1 is 1.15 bits per heavy atom. The smallest absolute Gasteiger partial charge is 0.0309 e. The monoisotopic (exact) mass is 226 g/mol. The van der Waals surface area contributed by atoms with E-state index in [2.05, 4.69) is 17.3 Å². The van der Waals surface area contributed by atoms with Crippen LogP contribution in [0.15, 0.2) is 0 Å². The highest BCUT2D eigenvalue weighted by Crippen LogP contribution is 2.28. The second-order valence-electron chi connectivity index (χ2n) is 4.15. The lowest BCUT2D eigenvalue weighted by Crippen LogP contribution is -2.52. The van der Waals surface area contributed by atoms with Crippen molar-refractivity contribution < 1.29 is 0 Å². The summed E-state index contributed by atoms with van der Waals surface area (Å²) in [6.45, 7) is 3.81. The average Bonchev–Trinajstić information content (AvgIpc) is 2.37. The van der Waals surface area contributed by atoms with Gasteiger partial charge in [-0.2, -0.15) is 0 Å². The molecule has 13 heavy (non-hydrogen) atoms. The van der Waals surface area contributed by atoms with Crippen LogP contribution in [0.2, 0.25) is 0 Å². The summed E-state index contributed by atoms with van der Waals surface area (Å²) < 4.78 is 0. The summed E-state index contributed by atoms with van der Waals surface area (Å²) in [6, 6.07) is 0. The molecule has 0 aromatic rings. The Morgan fingerprint density at radius 2 is 1.85 bits per heavy atom. The SMILES string of the molecule is CN1CCCC2(CCCN2)C1.Cl.Cl. The molecule has 0 aromatic heterocycles. The van der Waals surface area contributed by atoms with Crippen molar-refractivity contribution >= 4 is 24.8 Å². The van der Waals surface area contributed by atoms with E-state index in [1.165, 1.54) is 45.3 Å². The van der Waals surface area contributed by atoms with Gasteiger partial charge < -0.3 is 10.2 Å². The quantitative estimate of drug-likeness (QED) is 0.677. The lowest BCUT2D eigenvalue weighted by Gasteiger charge is -2.38. The normalized spacial score (nSPS) is 33.9. The van der Waals surface area contributed by atoms with Crippen LogP contribution < -0.4 is 5.32 Å². The summed E-state index contributed by atoms with van der Waals surface area (Å²) in [7, 11) is 2.24. The fourth-order valence-corrected chi connectivity index (χ4v) is 2.58. The molecule has 0 aliphatic carbocycles. The molecule has 2 saturated heterocycles. The van der Waals surface area contributed by atoms with Crippen molar-refractivity contribution in [3.8, 4) is 0 Å². The molecule has 80 valence electrons. The molecular weight excluding hydrogens is 207 g/mol. The van der Waals surface area contributed by atoms with Crippen LogP contribution in [0.3, 0.4) is 0 Å². The Bertz CT molecular complexity index is 147. The van der Waals surface area contributed by atoms with Crippen LogP contribution in [0, 0.1) is 0 Å². The first-order valence-electron chi connectivity index (χ1n) is 4.74. The summed E-state index contributed by atoms with van der Waals surface area (Å²) in [5.41, 5.74) is 0.521. The number of piperidine rings is 1. The number of hydrogen-bond donors (Lipinski definition) is 1. The minimum atomic E-state index is 0. The van der Waals surface area contributed by atoms with Gasteiger partial charge in [0.05, 0.1) is 0 Å². The van der Waals surface area contributed by atoms with Gasteiger partial charge in [-0.3, -0.25) is 0 Å². The van der Waals surface area contributed by atoms with E-state index in [9.17, 15) is 0 Å². The molecule has 0 saturated carbocycles. The van der Waals surface area contributed by atoms with Crippen LogP contribution in [0.1, 0.15) is 25.7 Å². The number of nitrogens with zero attached hydrogens (tertiary/aromatic N) is 1. The first-order valence-corrected chi connectivity index (χ1v) is 4.74. The van der Waals surface area contributed by atoms with Gasteiger partial charge in [0.1, 0.15) is 0 Å². The Kier molecular flexibility index (Phi) is 5.61. The highest BCUT2D eigenvalue weighted by atomic mass is 35.5. The largest absolute Gasteiger partial charge is 0.310 e. The first kappa shape index (κ1) is 13.5. The van der Waals surface area contributed by atoms with Crippen molar-refractivity contribution in [1.29, 1.82) is 0 Å². The summed E-state index contributed by atoms with van der Waals surface area (Å²) >= 11 is 0. The first-order chi connectivity index (χ1) is 5.31. The van der Waals surface area contributed by atoms with E-state index in [4.69, 9.17) is 0 Å². The number of likely N-dealkylation sites (tertiary alicyclic amines) is 1. The van der Waals surface area contributed by atoms with E-state index in [0.29, 0.717) is 5.54 Å². The van der Waals surface area contributed by atoms with Crippen molar-refractivity contribution in [2.75, 3.05) is 26.7 Å². The van der Waals surface area contributed by atoms with Crippen molar-refractivity contribution in [2.24, 2.45) is 0 Å². The molecule has 0 amide bonds. The number of likely N-dealkylation sites (N-methyl/N-ethyl adjacent to an activating group) is 1. The molecular formula is C9H20Cl2N2. The lowest BCUT2D eigenvalue weighted by atomic mass is 9.88. The van der Waals surface area contributed by atoms with Crippen LogP contribution in [0.25, 0.3) is 0 Å². The Labute approximate surface area is 93.3 Å². The van der Waals surface area contributed by atoms with Gasteiger partial charge >= 0.3 is 0 Å². The van der Waals surface area contributed by atoms with Gasteiger partial charge in [-0.05, 0) is 45.8 Å². The molecule has 2 fully saturated rings. The van der Waals surface area contributed by atoms with E-state index in [1.54, 1.807) is 0 Å². The molecule has 0 bridgehead atoms. The van der Waals surface area contributed by atoms with E-state index in [0.717, 1.165) is 0 Å². The van der Waals surface area contributed by atoms with Gasteiger partial charge in [-0.1, -0.05) is 0 Å². The zero-order chi connectivity index (χ0) is 7.73. The molecule has 0 radical (unpaired) electrons. The molecule has 0 aromatic carbocycles. The molecule has 2 heterocycles. The Hall–Kier alpha value is 0.500. The lowest BCUT2D eigenvalue weighted by molar-refractivity contribution is 0.161. The number of hydrogen-bond acceptors (Lipinski definition) is 2. The molecule has 1 atom stereocenters. The second-order valence-corrected chi connectivity index (χ2v) is 4.15. The van der Waals surface area contributed by atoms with Gasteiger partial charge in [-0.25, -0.2) is 0 Å². The predicted molar refractivity (Wildman–Crippen MR) is 61.2 cm³/mol. The van der Waals surface area contributed by atoms with Crippen molar-refractivity contribution in [1.82, 2.24) is 10.2 Å². The van der Waals surface area contributed by atoms with Crippen LogP contribution in [0.4, 0.5) is 0 Å². The van der Waals surface area contributed by atoms with Gasteiger partial charge in [-0.15, -0.1) is 24.8 Å². The maximum atomic E-state index is 3.66. The third kappa shape index (κ3) is 2.98. The predicted octanol–water partition coefficient (Wildman–Crippen LogP) is 1.68. The van der Waals surface area contributed by atoms with Crippen molar-refractivity contribution in [2.45, 2.75) is 31.2 Å². The molecule has 2 aliphatic heterocycles. The van der Waals surface area contributed by atoms with Gasteiger partial charge in [0.2, 0.25) is 0 Å². The van der Waals surface area contributed by atoms with Crippen LogP contribution >= 0.6 is 24.8 Å². The highest BCUT2D eigenvalue weighted by Gasteiger charge is 2.36. The third-order valence-electron chi connectivity index (χ3n) is 3.10. The van der Waals surface area contributed by atoms with Crippen LogP contribution in [0.5, 0.6) is 0 Å². The summed E-state index contributed by atoms with van der Waals surface area (Å²) in [4.78, 5) is 2.46. The molecule has 1 spiro atoms. The maximum absolute atomic E-state index is 3.66. The second kappa shape index (κ2) is 5.40. The topological polar surface area (TPSA) is 15.3 Å². The standard InChI is InChI=1S/C9H18N2.2ClH/c1-11-7-3-5-9(8-11)4-2-6-10-9;;/h10H,2-8H2,1H3;2*1H. The fraction of sp³-hybridized carbons (Fsp3) is 1.00. The average molecular weight is 227 g/mol. The molecule has 1 N–H and O–H groups in total. The molecule has 2 nitrogen and oxygen atoms in total. The van der Waals surface area contributed by atoms with Crippen LogP contribution in [-0.4, -0.2) is 37.1 Å². The van der Waals surface area contributed by atoms with E-state index in [1.807, 2.05) is 0 Å². The summed E-state index contributed by atoms with van der Waals surface area (Å²) in [5, 5.41) is 3.66. The number of nitrogens with one attached hydrogen (secondary N) is 1. The molecule has 2 aliphatic rings. The highest BCUT2D eigenvalue weighted by molar-refractivity contribution is 5.85. The zero-order valence-corrected chi connectivity index (χ0v) is 9.85. The third-order valence-corrected chi connectivity index (χ3v) is 3.10. The van der Waals surface area contributed by atoms with Gasteiger partial charge in [0.15, 0.2) is 0 Å². The minimum Gasteiger partial charge on any atom is -0.310 e. The maximum Gasteiger partial charge on any atom is 0.0309 e. The minimum absolute atomic E-state index is 0. The van der Waals surface area contributed by atoms with Crippen molar-refractivity contribution in [3.63, 3.8) is 0 Å². The van der Waals surface area contributed by atoms with E-state index in [-0.39, 0.29) is 24.8 Å². The van der Waals surface area contributed by atoms with Gasteiger partial charge in [0, 0.05) is 12.1 Å². The molecule has 2 rings (SSSR count). The zero-order valence-electron chi connectivity index (χ0n) is 8.21. The Morgan fingerprint density at radius 3 is 2.38 bits per heavy atom. The van der Waals surface area contributed by atoms with Gasteiger partial charge in [0.25, 0.3) is 0 Å². The van der Waals surface area contributed by atoms with E-state index < -0.39 is 0 Å². The van der Waals surface area contributed by atoms with Crippen LogP contribution in [-0.2, 0) is 0 Å².